The first-order valence-corrected chi connectivity index (χ1v) is 7.86. The van der Waals surface area contributed by atoms with Gasteiger partial charge >= 0.3 is 0 Å². The fraction of sp³-hybridized carbons (Fsp3) is 0.368. The van der Waals surface area contributed by atoms with Gasteiger partial charge in [-0.15, -0.1) is 0 Å². The lowest BCUT2D eigenvalue weighted by Crippen LogP contribution is -2.18. The van der Waals surface area contributed by atoms with Gasteiger partial charge in [-0.1, -0.05) is 31.2 Å². The van der Waals surface area contributed by atoms with Crippen LogP contribution in [0.2, 0.25) is 0 Å². The molecule has 2 heteroatoms. The Balaban J connectivity index is 1.94. The van der Waals surface area contributed by atoms with E-state index in [1.54, 1.807) is 6.07 Å². The molecule has 0 aliphatic heterocycles. The van der Waals surface area contributed by atoms with Crippen molar-refractivity contribution in [3.05, 3.63) is 58.7 Å². The Morgan fingerprint density at radius 3 is 2.90 bits per heavy atom. The first kappa shape index (κ1) is 14.0. The largest absolute Gasteiger partial charge is 0.508 e. The molecule has 0 radical (unpaired) electrons. The SMILES string of the molecule is CCc1cccc(C)c1NC1CCCc2cc(O)ccc21. The van der Waals surface area contributed by atoms with Crippen molar-refractivity contribution in [3.63, 3.8) is 0 Å². The van der Waals surface area contributed by atoms with Gasteiger partial charge in [0.2, 0.25) is 0 Å². The number of para-hydroxylation sites is 1. The Kier molecular flexibility index (Phi) is 3.87. The van der Waals surface area contributed by atoms with E-state index < -0.39 is 0 Å². The van der Waals surface area contributed by atoms with Gasteiger partial charge in [-0.05, 0) is 67.0 Å². The number of rotatable bonds is 3. The van der Waals surface area contributed by atoms with Crippen molar-refractivity contribution >= 4 is 5.69 Å². The van der Waals surface area contributed by atoms with E-state index in [1.165, 1.54) is 34.4 Å². The molecule has 0 aromatic heterocycles. The topological polar surface area (TPSA) is 32.3 Å². The van der Waals surface area contributed by atoms with Crippen LogP contribution in [0.1, 0.15) is 48.1 Å². The molecule has 0 heterocycles. The molecule has 2 N–H and O–H groups in total. The number of aromatic hydroxyl groups is 1. The number of nitrogens with one attached hydrogen (secondary N) is 1. The van der Waals surface area contributed by atoms with E-state index in [0.29, 0.717) is 11.8 Å². The second-order valence-electron chi connectivity index (χ2n) is 5.93. The lowest BCUT2D eigenvalue weighted by atomic mass is 9.87. The standard InChI is InChI=1S/C19H23NO/c1-3-14-7-4-6-13(2)19(14)20-18-9-5-8-15-12-16(21)10-11-17(15)18/h4,6-7,10-12,18,20-21H,3,5,8-9H2,1-2H3. The zero-order valence-electron chi connectivity index (χ0n) is 12.8. The van der Waals surface area contributed by atoms with Gasteiger partial charge in [-0.3, -0.25) is 0 Å². The highest BCUT2D eigenvalue weighted by Crippen LogP contribution is 2.35. The smallest absolute Gasteiger partial charge is 0.115 e. The molecule has 2 aromatic carbocycles. The van der Waals surface area contributed by atoms with Crippen LogP contribution in [0.3, 0.4) is 0 Å². The Bertz CT molecular complexity index is 648. The highest BCUT2D eigenvalue weighted by molar-refractivity contribution is 5.59. The highest BCUT2D eigenvalue weighted by Gasteiger charge is 2.21. The number of hydrogen-bond donors (Lipinski definition) is 2. The summed E-state index contributed by atoms with van der Waals surface area (Å²) in [4.78, 5) is 0. The molecule has 0 amide bonds. The molecule has 0 spiro atoms. The van der Waals surface area contributed by atoms with Crippen LogP contribution >= 0.6 is 0 Å². The molecular weight excluding hydrogens is 258 g/mol. The average Bonchev–Trinajstić information content (AvgIpc) is 2.49. The van der Waals surface area contributed by atoms with Crippen LogP contribution in [-0.2, 0) is 12.8 Å². The fourth-order valence-electron chi connectivity index (χ4n) is 3.35. The van der Waals surface area contributed by atoms with Gasteiger partial charge in [0.25, 0.3) is 0 Å². The summed E-state index contributed by atoms with van der Waals surface area (Å²) in [6.07, 6.45) is 4.42. The summed E-state index contributed by atoms with van der Waals surface area (Å²) < 4.78 is 0. The lowest BCUT2D eigenvalue weighted by Gasteiger charge is -2.29. The summed E-state index contributed by atoms with van der Waals surface area (Å²) in [5.41, 5.74) is 6.59. The zero-order valence-corrected chi connectivity index (χ0v) is 12.8. The maximum atomic E-state index is 9.67. The van der Waals surface area contributed by atoms with Crippen molar-refractivity contribution in [1.82, 2.24) is 0 Å². The zero-order chi connectivity index (χ0) is 14.8. The number of aryl methyl sites for hydroxylation is 3. The molecule has 1 aliphatic rings. The van der Waals surface area contributed by atoms with E-state index >= 15 is 0 Å². The Morgan fingerprint density at radius 2 is 2.10 bits per heavy atom. The summed E-state index contributed by atoms with van der Waals surface area (Å²) in [5.74, 6) is 0.375. The van der Waals surface area contributed by atoms with Crippen LogP contribution in [0.25, 0.3) is 0 Å². The maximum absolute atomic E-state index is 9.67. The van der Waals surface area contributed by atoms with E-state index in [-0.39, 0.29) is 0 Å². The van der Waals surface area contributed by atoms with Crippen molar-refractivity contribution in [2.24, 2.45) is 0 Å². The predicted molar refractivity (Wildman–Crippen MR) is 88.0 cm³/mol. The van der Waals surface area contributed by atoms with Crippen LogP contribution in [0, 0.1) is 6.92 Å². The minimum absolute atomic E-state index is 0.348. The number of phenols is 1. The minimum atomic E-state index is 0.348. The van der Waals surface area contributed by atoms with Crippen LogP contribution in [0.15, 0.2) is 36.4 Å². The van der Waals surface area contributed by atoms with Crippen molar-refractivity contribution in [3.8, 4) is 5.75 Å². The quantitative estimate of drug-likeness (QED) is 0.850. The molecule has 21 heavy (non-hydrogen) atoms. The Labute approximate surface area is 126 Å². The predicted octanol–water partition coefficient (Wildman–Crippen LogP) is 4.75. The number of hydrogen-bond acceptors (Lipinski definition) is 2. The van der Waals surface area contributed by atoms with Crippen LogP contribution < -0.4 is 5.32 Å². The van der Waals surface area contributed by atoms with E-state index in [4.69, 9.17) is 0 Å². The highest BCUT2D eigenvalue weighted by atomic mass is 16.3. The van der Waals surface area contributed by atoms with Crippen LogP contribution in [0.4, 0.5) is 5.69 Å². The number of benzene rings is 2. The van der Waals surface area contributed by atoms with Crippen LogP contribution in [0.5, 0.6) is 5.75 Å². The summed E-state index contributed by atoms with van der Waals surface area (Å²) in [7, 11) is 0. The van der Waals surface area contributed by atoms with Gasteiger partial charge in [0, 0.05) is 5.69 Å². The Morgan fingerprint density at radius 1 is 1.24 bits per heavy atom. The molecule has 0 fully saturated rings. The molecule has 0 bridgehead atoms. The van der Waals surface area contributed by atoms with Crippen LogP contribution in [-0.4, -0.2) is 5.11 Å². The van der Waals surface area contributed by atoms with E-state index in [1.807, 2.05) is 6.07 Å². The Hall–Kier alpha value is -1.96. The maximum Gasteiger partial charge on any atom is 0.115 e. The van der Waals surface area contributed by atoms with Gasteiger partial charge in [0.1, 0.15) is 5.75 Å². The van der Waals surface area contributed by atoms with E-state index in [2.05, 4.69) is 43.4 Å². The normalized spacial score (nSPS) is 17.3. The molecule has 1 aliphatic carbocycles. The van der Waals surface area contributed by atoms with Gasteiger partial charge in [0.05, 0.1) is 6.04 Å². The third kappa shape index (κ3) is 2.76. The molecule has 1 unspecified atom stereocenters. The summed E-state index contributed by atoms with van der Waals surface area (Å²) in [6, 6.07) is 12.6. The number of fused-ring (bicyclic) bond motifs is 1. The first-order valence-electron chi connectivity index (χ1n) is 7.86. The summed E-state index contributed by atoms with van der Waals surface area (Å²) >= 11 is 0. The van der Waals surface area contributed by atoms with Crippen molar-refractivity contribution in [2.75, 3.05) is 5.32 Å². The molecule has 3 rings (SSSR count). The minimum Gasteiger partial charge on any atom is -0.508 e. The van der Waals surface area contributed by atoms with Gasteiger partial charge in [-0.2, -0.15) is 0 Å². The third-order valence-electron chi connectivity index (χ3n) is 4.50. The molecule has 2 aromatic rings. The molecule has 0 saturated heterocycles. The van der Waals surface area contributed by atoms with Gasteiger partial charge in [0.15, 0.2) is 0 Å². The third-order valence-corrected chi connectivity index (χ3v) is 4.50. The second-order valence-corrected chi connectivity index (χ2v) is 5.93. The fourth-order valence-corrected chi connectivity index (χ4v) is 3.35. The van der Waals surface area contributed by atoms with E-state index in [0.717, 1.165) is 19.3 Å². The van der Waals surface area contributed by atoms with E-state index in [9.17, 15) is 5.11 Å². The van der Waals surface area contributed by atoms with Crippen molar-refractivity contribution in [2.45, 2.75) is 45.6 Å². The van der Waals surface area contributed by atoms with Gasteiger partial charge < -0.3 is 10.4 Å². The molecule has 2 nitrogen and oxygen atoms in total. The summed E-state index contributed by atoms with van der Waals surface area (Å²) in [6.45, 7) is 4.37. The number of phenolic OH excluding ortho intramolecular Hbond substituents is 1. The summed E-state index contributed by atoms with van der Waals surface area (Å²) in [5, 5.41) is 13.4. The molecular formula is C19H23NO. The molecule has 110 valence electrons. The molecule has 0 saturated carbocycles. The second kappa shape index (κ2) is 5.80. The first-order chi connectivity index (χ1) is 10.2. The van der Waals surface area contributed by atoms with Crippen molar-refractivity contribution in [1.29, 1.82) is 0 Å². The van der Waals surface area contributed by atoms with Crippen molar-refractivity contribution < 1.29 is 5.11 Å². The van der Waals surface area contributed by atoms with Gasteiger partial charge in [-0.25, -0.2) is 0 Å². The molecule has 1 atom stereocenters. The monoisotopic (exact) mass is 281 g/mol. The lowest BCUT2D eigenvalue weighted by molar-refractivity contribution is 0.472. The number of anilines is 1. The average molecular weight is 281 g/mol.